The highest BCUT2D eigenvalue weighted by Gasteiger charge is 2.10. The van der Waals surface area contributed by atoms with Crippen LogP contribution in [0.5, 0.6) is 0 Å². The Hall–Kier alpha value is -2.43. The molecule has 3 rings (SSSR count). The van der Waals surface area contributed by atoms with Crippen LogP contribution in [0, 0.1) is 0 Å². The molecule has 0 aliphatic carbocycles. The zero-order valence-electron chi connectivity index (χ0n) is 8.08. The lowest BCUT2D eigenvalue weighted by Gasteiger charge is -1.97. The first-order valence-corrected chi connectivity index (χ1v) is 4.65. The molecule has 16 heavy (non-hydrogen) atoms. The lowest BCUT2D eigenvalue weighted by Crippen LogP contribution is -2.02. The van der Waals surface area contributed by atoms with Gasteiger partial charge in [0.2, 0.25) is 0 Å². The second-order valence-electron chi connectivity index (χ2n) is 3.28. The van der Waals surface area contributed by atoms with Crippen LogP contribution in [0.15, 0.2) is 50.4 Å². The summed E-state index contributed by atoms with van der Waals surface area (Å²) >= 11 is 0. The minimum absolute atomic E-state index is 0.347. The van der Waals surface area contributed by atoms with Crippen LogP contribution in [0.2, 0.25) is 0 Å². The minimum Gasteiger partial charge on any atom is -0.422 e. The molecule has 2 aromatic heterocycles. The summed E-state index contributed by atoms with van der Waals surface area (Å²) in [6, 6.07) is 8.98. The zero-order valence-corrected chi connectivity index (χ0v) is 8.08. The Morgan fingerprint density at radius 2 is 2.06 bits per heavy atom. The smallest absolute Gasteiger partial charge is 0.345 e. The van der Waals surface area contributed by atoms with Crippen molar-refractivity contribution in [3.05, 3.63) is 46.9 Å². The summed E-state index contributed by atoms with van der Waals surface area (Å²) < 4.78 is 9.61. The Morgan fingerprint density at radius 1 is 1.19 bits per heavy atom. The van der Waals surface area contributed by atoms with Gasteiger partial charge in [0, 0.05) is 5.39 Å². The summed E-state index contributed by atoms with van der Waals surface area (Å²) in [6.45, 7) is 0. The summed E-state index contributed by atoms with van der Waals surface area (Å²) in [6.07, 6.45) is 1.38. The number of hydrogen-bond donors (Lipinski definition) is 0. The zero-order chi connectivity index (χ0) is 11.0. The Labute approximate surface area is 89.3 Å². The summed E-state index contributed by atoms with van der Waals surface area (Å²) in [4.78, 5) is 11.7. The van der Waals surface area contributed by atoms with Crippen molar-refractivity contribution in [3.63, 3.8) is 0 Å². The number of aromatic nitrogens is 2. The number of fused-ring (bicyclic) bond motifs is 1. The van der Waals surface area contributed by atoms with Gasteiger partial charge in [-0.15, -0.1) is 0 Å². The number of rotatable bonds is 1. The summed E-state index contributed by atoms with van der Waals surface area (Å²) in [5.41, 5.74) is 0.821. The van der Waals surface area contributed by atoms with E-state index in [0.717, 1.165) is 5.39 Å². The molecule has 0 radical (unpaired) electrons. The first-order valence-electron chi connectivity index (χ1n) is 4.65. The van der Waals surface area contributed by atoms with Gasteiger partial charge in [0.1, 0.15) is 11.3 Å². The maximum atomic E-state index is 11.7. The molecule has 0 amide bonds. The maximum Gasteiger partial charge on any atom is 0.345 e. The molecule has 0 fully saturated rings. The van der Waals surface area contributed by atoms with Gasteiger partial charge in [-0.1, -0.05) is 23.4 Å². The molecule has 0 aliphatic rings. The Bertz CT molecular complexity index is 686. The number of nitrogens with zero attached hydrogens (tertiary/aromatic N) is 2. The molecular weight excluding hydrogens is 208 g/mol. The van der Waals surface area contributed by atoms with Gasteiger partial charge in [-0.3, -0.25) is 0 Å². The topological polar surface area (TPSA) is 69.1 Å². The van der Waals surface area contributed by atoms with E-state index >= 15 is 0 Å². The van der Waals surface area contributed by atoms with Crippen molar-refractivity contribution in [1.82, 2.24) is 10.3 Å². The van der Waals surface area contributed by atoms with Gasteiger partial charge in [0.05, 0.1) is 11.8 Å². The van der Waals surface area contributed by atoms with Crippen molar-refractivity contribution in [2.45, 2.75) is 0 Å². The van der Waals surface area contributed by atoms with Crippen molar-refractivity contribution >= 4 is 11.0 Å². The molecular formula is C11H6N2O3. The van der Waals surface area contributed by atoms with E-state index < -0.39 is 5.63 Å². The second kappa shape index (κ2) is 3.30. The highest BCUT2D eigenvalue weighted by Crippen LogP contribution is 2.18. The van der Waals surface area contributed by atoms with Crippen LogP contribution >= 0.6 is 0 Å². The minimum atomic E-state index is -0.450. The molecule has 0 aliphatic heterocycles. The van der Waals surface area contributed by atoms with Crippen LogP contribution in [0.1, 0.15) is 0 Å². The van der Waals surface area contributed by atoms with E-state index in [1.165, 1.54) is 6.20 Å². The first kappa shape index (κ1) is 8.84. The number of para-hydroxylation sites is 1. The fourth-order valence-electron chi connectivity index (χ4n) is 1.52. The lowest BCUT2D eigenvalue weighted by molar-refractivity contribution is 0.308. The SMILES string of the molecule is O=c1oc2ccccc2cc1-c1cnon1. The standard InChI is InChI=1S/C11H6N2O3/c14-11-8(9-6-12-16-13-9)5-7-3-1-2-4-10(7)15-11/h1-6H. The van der Waals surface area contributed by atoms with Crippen LogP contribution in [0.25, 0.3) is 22.2 Å². The highest BCUT2D eigenvalue weighted by atomic mass is 16.6. The normalized spacial score (nSPS) is 10.8. The van der Waals surface area contributed by atoms with E-state index in [1.54, 1.807) is 12.1 Å². The van der Waals surface area contributed by atoms with Crippen molar-refractivity contribution in [2.24, 2.45) is 0 Å². The molecule has 2 heterocycles. The van der Waals surface area contributed by atoms with Crippen LogP contribution in [-0.4, -0.2) is 10.3 Å². The molecule has 5 nitrogen and oxygen atoms in total. The van der Waals surface area contributed by atoms with E-state index in [4.69, 9.17) is 4.42 Å². The van der Waals surface area contributed by atoms with Gasteiger partial charge in [-0.25, -0.2) is 9.42 Å². The van der Waals surface area contributed by atoms with E-state index in [1.807, 2.05) is 18.2 Å². The fourth-order valence-corrected chi connectivity index (χ4v) is 1.52. The van der Waals surface area contributed by atoms with Crippen LogP contribution < -0.4 is 5.63 Å². The largest absolute Gasteiger partial charge is 0.422 e. The molecule has 0 atom stereocenters. The Balaban J connectivity index is 2.34. The van der Waals surface area contributed by atoms with Crippen molar-refractivity contribution in [2.75, 3.05) is 0 Å². The average molecular weight is 214 g/mol. The van der Waals surface area contributed by atoms with Gasteiger partial charge in [-0.05, 0) is 17.3 Å². The third-order valence-corrected chi connectivity index (χ3v) is 2.28. The molecule has 3 aromatic rings. The molecule has 1 aromatic carbocycles. The number of benzene rings is 1. The fraction of sp³-hybridized carbons (Fsp3) is 0. The van der Waals surface area contributed by atoms with Gasteiger partial charge in [0.25, 0.3) is 0 Å². The van der Waals surface area contributed by atoms with Gasteiger partial charge in [-0.2, -0.15) is 0 Å². The molecule has 0 saturated carbocycles. The molecule has 78 valence electrons. The molecule has 0 N–H and O–H groups in total. The molecule has 5 heteroatoms. The van der Waals surface area contributed by atoms with Crippen LogP contribution in [0.3, 0.4) is 0 Å². The molecule has 0 saturated heterocycles. The average Bonchev–Trinajstić information content (AvgIpc) is 2.81. The van der Waals surface area contributed by atoms with Crippen LogP contribution in [0.4, 0.5) is 0 Å². The van der Waals surface area contributed by atoms with Crippen LogP contribution in [-0.2, 0) is 0 Å². The quantitative estimate of drug-likeness (QED) is 0.578. The lowest BCUT2D eigenvalue weighted by atomic mass is 10.1. The monoisotopic (exact) mass is 214 g/mol. The Kier molecular flexibility index (Phi) is 1.83. The van der Waals surface area contributed by atoms with E-state index in [-0.39, 0.29) is 0 Å². The third-order valence-electron chi connectivity index (χ3n) is 2.28. The molecule has 0 unspecified atom stereocenters. The van der Waals surface area contributed by atoms with Gasteiger partial charge >= 0.3 is 5.63 Å². The molecule has 0 spiro atoms. The van der Waals surface area contributed by atoms with Crippen molar-refractivity contribution < 1.29 is 9.05 Å². The van der Waals surface area contributed by atoms with Crippen molar-refractivity contribution in [1.29, 1.82) is 0 Å². The highest BCUT2D eigenvalue weighted by molar-refractivity contribution is 5.80. The Morgan fingerprint density at radius 3 is 2.88 bits per heavy atom. The van der Waals surface area contributed by atoms with E-state index in [9.17, 15) is 4.79 Å². The predicted octanol–water partition coefficient (Wildman–Crippen LogP) is 1.84. The second-order valence-corrected chi connectivity index (χ2v) is 3.28. The maximum absolute atomic E-state index is 11.7. The summed E-state index contributed by atoms with van der Waals surface area (Å²) in [5, 5.41) is 7.89. The molecule has 0 bridgehead atoms. The van der Waals surface area contributed by atoms with E-state index in [0.29, 0.717) is 16.8 Å². The summed E-state index contributed by atoms with van der Waals surface area (Å²) in [5.74, 6) is 0. The predicted molar refractivity (Wildman–Crippen MR) is 55.8 cm³/mol. The summed E-state index contributed by atoms with van der Waals surface area (Å²) in [7, 11) is 0. The first-order chi connectivity index (χ1) is 7.84. The van der Waals surface area contributed by atoms with Gasteiger partial charge < -0.3 is 4.42 Å². The van der Waals surface area contributed by atoms with Gasteiger partial charge in [0.15, 0.2) is 0 Å². The van der Waals surface area contributed by atoms with E-state index in [2.05, 4.69) is 14.9 Å². The third kappa shape index (κ3) is 1.30. The van der Waals surface area contributed by atoms with Crippen molar-refractivity contribution in [3.8, 4) is 11.3 Å². The number of hydrogen-bond acceptors (Lipinski definition) is 5.